The van der Waals surface area contributed by atoms with E-state index in [1.54, 1.807) is 24.3 Å². The number of nitrogens with zero attached hydrogens (tertiary/aromatic N) is 1. The number of benzene rings is 1. The van der Waals surface area contributed by atoms with Crippen LogP contribution in [0.4, 0.5) is 5.69 Å². The van der Waals surface area contributed by atoms with Crippen molar-refractivity contribution in [2.45, 2.75) is 24.7 Å². The summed E-state index contributed by atoms with van der Waals surface area (Å²) >= 11 is 0. The van der Waals surface area contributed by atoms with E-state index >= 15 is 0 Å². The minimum absolute atomic E-state index is 0.0713. The van der Waals surface area contributed by atoms with Crippen molar-refractivity contribution in [1.29, 1.82) is 5.26 Å². The molecule has 20 heavy (non-hydrogen) atoms. The highest BCUT2D eigenvalue weighted by molar-refractivity contribution is 7.86. The van der Waals surface area contributed by atoms with Crippen LogP contribution in [0.15, 0.2) is 24.3 Å². The molecule has 1 fully saturated rings. The number of para-hydroxylation sites is 1. The summed E-state index contributed by atoms with van der Waals surface area (Å²) in [6, 6.07) is 8.75. The fraction of sp³-hybridized carbons (Fsp3) is 0.429. The van der Waals surface area contributed by atoms with Gasteiger partial charge >= 0.3 is 0 Å². The van der Waals surface area contributed by atoms with E-state index < -0.39 is 10.8 Å². The Morgan fingerprint density at radius 1 is 1.55 bits per heavy atom. The van der Waals surface area contributed by atoms with Gasteiger partial charge in [0.15, 0.2) is 0 Å². The lowest BCUT2D eigenvalue weighted by Gasteiger charge is -2.13. The average molecular weight is 292 g/mol. The number of carbonyl (C=O) groups is 1. The van der Waals surface area contributed by atoms with Crippen molar-refractivity contribution in [2.75, 3.05) is 17.7 Å². The molecule has 6 heteroatoms. The molecule has 3 atom stereocenters. The Morgan fingerprint density at radius 3 is 2.95 bits per heavy atom. The summed E-state index contributed by atoms with van der Waals surface area (Å²) in [6.45, 7) is 2.47. The molecule has 1 saturated heterocycles. The number of nitriles is 1. The standard InChI is InChI=1S/C14H16N2O3S/c1-10-13(6-7-19-10)20(18)9-14(17)16-12-5-3-2-4-11(12)8-15/h2-5,10,13H,6-7,9H2,1H3,(H,16,17). The monoisotopic (exact) mass is 292 g/mol. The first-order valence-corrected chi connectivity index (χ1v) is 7.78. The van der Waals surface area contributed by atoms with E-state index in [0.29, 0.717) is 17.9 Å². The van der Waals surface area contributed by atoms with Crippen molar-refractivity contribution in [1.82, 2.24) is 0 Å². The average Bonchev–Trinajstić information content (AvgIpc) is 2.85. The fourth-order valence-electron chi connectivity index (χ4n) is 2.17. The summed E-state index contributed by atoms with van der Waals surface area (Å²) in [6.07, 6.45) is 0.644. The molecule has 1 aliphatic heterocycles. The predicted octanol–water partition coefficient (Wildman–Crippen LogP) is 1.42. The van der Waals surface area contributed by atoms with Crippen LogP contribution in [0.25, 0.3) is 0 Å². The van der Waals surface area contributed by atoms with Crippen LogP contribution in [0.3, 0.4) is 0 Å². The van der Waals surface area contributed by atoms with Gasteiger partial charge in [-0.2, -0.15) is 5.26 Å². The number of rotatable bonds is 4. The van der Waals surface area contributed by atoms with E-state index in [9.17, 15) is 9.00 Å². The molecule has 1 aromatic rings. The zero-order valence-corrected chi connectivity index (χ0v) is 12.0. The maximum Gasteiger partial charge on any atom is 0.237 e. The second-order valence-electron chi connectivity index (χ2n) is 4.63. The molecule has 1 amide bonds. The highest BCUT2D eigenvalue weighted by atomic mass is 32.2. The third-order valence-electron chi connectivity index (χ3n) is 3.24. The Morgan fingerprint density at radius 2 is 2.30 bits per heavy atom. The molecule has 1 N–H and O–H groups in total. The van der Waals surface area contributed by atoms with Gasteiger partial charge in [0.05, 0.1) is 22.6 Å². The van der Waals surface area contributed by atoms with Crippen LogP contribution in [0, 0.1) is 11.3 Å². The van der Waals surface area contributed by atoms with E-state index in [4.69, 9.17) is 10.00 Å². The summed E-state index contributed by atoms with van der Waals surface area (Å²) in [5.41, 5.74) is 0.844. The molecule has 5 nitrogen and oxygen atoms in total. The van der Waals surface area contributed by atoms with Gasteiger partial charge in [0, 0.05) is 17.4 Å². The number of ether oxygens (including phenoxy) is 1. The molecule has 3 unspecified atom stereocenters. The molecule has 1 heterocycles. The third-order valence-corrected chi connectivity index (χ3v) is 5.08. The third kappa shape index (κ3) is 3.44. The normalized spacial score (nSPS) is 23.0. The first kappa shape index (κ1) is 14.7. The summed E-state index contributed by atoms with van der Waals surface area (Å²) in [7, 11) is -1.26. The van der Waals surface area contributed by atoms with Crippen LogP contribution in [0.5, 0.6) is 0 Å². The SMILES string of the molecule is CC1OCCC1S(=O)CC(=O)Nc1ccccc1C#N. The summed E-state index contributed by atoms with van der Waals surface area (Å²) in [4.78, 5) is 11.9. The molecule has 0 aromatic heterocycles. The number of amides is 1. The number of hydrogen-bond acceptors (Lipinski definition) is 4. The van der Waals surface area contributed by atoms with Gasteiger partial charge in [-0.25, -0.2) is 0 Å². The molecule has 0 radical (unpaired) electrons. The molecule has 2 rings (SSSR count). The lowest BCUT2D eigenvalue weighted by Crippen LogP contribution is -2.30. The van der Waals surface area contributed by atoms with Gasteiger partial charge in [0.1, 0.15) is 11.8 Å². The minimum atomic E-state index is -1.26. The Kier molecular flexibility index (Phi) is 4.88. The zero-order valence-electron chi connectivity index (χ0n) is 11.2. The van der Waals surface area contributed by atoms with Gasteiger partial charge in [-0.15, -0.1) is 0 Å². The topological polar surface area (TPSA) is 79.2 Å². The van der Waals surface area contributed by atoms with E-state index in [1.807, 2.05) is 13.0 Å². The second-order valence-corrected chi connectivity index (χ2v) is 6.29. The van der Waals surface area contributed by atoms with Gasteiger partial charge in [-0.05, 0) is 25.5 Å². The number of nitrogens with one attached hydrogen (secondary N) is 1. The Labute approximate surface area is 120 Å². The van der Waals surface area contributed by atoms with Gasteiger partial charge < -0.3 is 10.1 Å². The first-order chi connectivity index (χ1) is 9.61. The van der Waals surface area contributed by atoms with Crippen LogP contribution < -0.4 is 5.32 Å². The van der Waals surface area contributed by atoms with E-state index in [0.717, 1.165) is 6.42 Å². The van der Waals surface area contributed by atoms with Crippen LogP contribution in [0.2, 0.25) is 0 Å². The summed E-state index contributed by atoms with van der Waals surface area (Å²) < 4.78 is 17.5. The molecule has 106 valence electrons. The zero-order chi connectivity index (χ0) is 14.5. The quantitative estimate of drug-likeness (QED) is 0.910. The van der Waals surface area contributed by atoms with Crippen molar-refractivity contribution in [3.05, 3.63) is 29.8 Å². The maximum atomic E-state index is 12.1. The minimum Gasteiger partial charge on any atom is -0.377 e. The van der Waals surface area contributed by atoms with E-state index in [2.05, 4.69) is 5.32 Å². The molecular weight excluding hydrogens is 276 g/mol. The number of anilines is 1. The molecule has 0 spiro atoms. The van der Waals surface area contributed by atoms with Crippen LogP contribution in [-0.2, 0) is 20.3 Å². The summed E-state index contributed by atoms with van der Waals surface area (Å²) in [5, 5.41) is 11.5. The molecule has 1 aromatic carbocycles. The van der Waals surface area contributed by atoms with Crippen molar-refractivity contribution < 1.29 is 13.7 Å². The highest BCUT2D eigenvalue weighted by Crippen LogP contribution is 2.19. The highest BCUT2D eigenvalue weighted by Gasteiger charge is 2.30. The smallest absolute Gasteiger partial charge is 0.237 e. The lowest BCUT2D eigenvalue weighted by atomic mass is 10.2. The first-order valence-electron chi connectivity index (χ1n) is 6.39. The van der Waals surface area contributed by atoms with Crippen molar-refractivity contribution in [2.24, 2.45) is 0 Å². The molecule has 0 aliphatic carbocycles. The Balaban J connectivity index is 1.96. The van der Waals surface area contributed by atoms with Gasteiger partial charge in [-0.1, -0.05) is 12.1 Å². The van der Waals surface area contributed by atoms with Crippen molar-refractivity contribution >= 4 is 22.4 Å². The van der Waals surface area contributed by atoms with Crippen molar-refractivity contribution in [3.63, 3.8) is 0 Å². The van der Waals surface area contributed by atoms with Gasteiger partial charge in [0.2, 0.25) is 5.91 Å². The number of hydrogen-bond donors (Lipinski definition) is 1. The van der Waals surface area contributed by atoms with Crippen LogP contribution >= 0.6 is 0 Å². The second kappa shape index (κ2) is 6.64. The van der Waals surface area contributed by atoms with E-state index in [-0.39, 0.29) is 23.0 Å². The number of carbonyl (C=O) groups excluding carboxylic acids is 1. The lowest BCUT2D eigenvalue weighted by molar-refractivity contribution is -0.113. The van der Waals surface area contributed by atoms with E-state index in [1.165, 1.54) is 0 Å². The van der Waals surface area contributed by atoms with Crippen LogP contribution in [0.1, 0.15) is 18.9 Å². The molecular formula is C14H16N2O3S. The molecule has 1 aliphatic rings. The van der Waals surface area contributed by atoms with Gasteiger partial charge in [-0.3, -0.25) is 9.00 Å². The Hall–Kier alpha value is -1.71. The molecule has 0 saturated carbocycles. The van der Waals surface area contributed by atoms with Crippen molar-refractivity contribution in [3.8, 4) is 6.07 Å². The maximum absolute atomic E-state index is 12.1. The predicted molar refractivity (Wildman–Crippen MR) is 76.6 cm³/mol. The fourth-order valence-corrected chi connectivity index (χ4v) is 3.58. The van der Waals surface area contributed by atoms with Gasteiger partial charge in [0.25, 0.3) is 0 Å². The largest absolute Gasteiger partial charge is 0.377 e. The van der Waals surface area contributed by atoms with Crippen LogP contribution in [-0.4, -0.2) is 33.8 Å². The summed E-state index contributed by atoms with van der Waals surface area (Å²) in [5.74, 6) is -0.414. The molecule has 0 bridgehead atoms. The Bertz CT molecular complexity index is 568.